The van der Waals surface area contributed by atoms with Gasteiger partial charge in [0.2, 0.25) is 0 Å². The van der Waals surface area contributed by atoms with Crippen LogP contribution in [0.15, 0.2) is 59.3 Å². The van der Waals surface area contributed by atoms with Gasteiger partial charge in [-0.2, -0.15) is 0 Å². The highest BCUT2D eigenvalue weighted by Crippen LogP contribution is 2.23. The number of rotatable bonds is 6. The average molecular weight is 407 g/mol. The molecule has 29 heavy (non-hydrogen) atoms. The predicted octanol–water partition coefficient (Wildman–Crippen LogP) is 3.86. The van der Waals surface area contributed by atoms with E-state index in [4.69, 9.17) is 4.74 Å². The van der Waals surface area contributed by atoms with Crippen molar-refractivity contribution in [3.05, 3.63) is 71.3 Å². The Morgan fingerprint density at radius 1 is 1.38 bits per heavy atom. The molecule has 0 bridgehead atoms. The highest BCUT2D eigenvalue weighted by atomic mass is 32.1. The number of thiazole rings is 1. The monoisotopic (exact) mass is 407 g/mol. The first-order chi connectivity index (χ1) is 14.0. The highest BCUT2D eigenvalue weighted by Gasteiger charge is 2.26. The summed E-state index contributed by atoms with van der Waals surface area (Å²) >= 11 is 1.39. The third-order valence-electron chi connectivity index (χ3n) is 4.51. The molecule has 0 saturated heterocycles. The molecule has 1 aliphatic heterocycles. The quantitative estimate of drug-likeness (QED) is 0.673. The topological polar surface area (TPSA) is 81.4 Å². The summed E-state index contributed by atoms with van der Waals surface area (Å²) in [7, 11) is 0. The zero-order valence-corrected chi connectivity index (χ0v) is 17.0. The highest BCUT2D eigenvalue weighted by molar-refractivity contribution is 7.14. The van der Waals surface area contributed by atoms with Crippen LogP contribution in [0.25, 0.3) is 6.08 Å². The number of carbonyl (C=O) groups is 1. The van der Waals surface area contributed by atoms with Gasteiger partial charge in [0.1, 0.15) is 17.8 Å². The van der Waals surface area contributed by atoms with Crippen molar-refractivity contribution in [3.8, 4) is 0 Å². The van der Waals surface area contributed by atoms with Gasteiger partial charge in [-0.15, -0.1) is 11.3 Å². The largest absolute Gasteiger partial charge is 0.478 e. The first kappa shape index (κ1) is 19.1. The molecule has 3 aromatic heterocycles. The molecule has 0 aromatic carbocycles. The van der Waals surface area contributed by atoms with E-state index >= 15 is 0 Å². The summed E-state index contributed by atoms with van der Waals surface area (Å²) in [6, 6.07) is 7.52. The summed E-state index contributed by atoms with van der Waals surface area (Å²) in [5.41, 5.74) is 2.06. The van der Waals surface area contributed by atoms with Crippen molar-refractivity contribution >= 4 is 34.3 Å². The normalized spacial score (nSPS) is 18.6. The maximum atomic E-state index is 12.7. The summed E-state index contributed by atoms with van der Waals surface area (Å²) in [4.78, 5) is 25.7. The lowest BCUT2D eigenvalue weighted by Gasteiger charge is -2.11. The van der Waals surface area contributed by atoms with E-state index in [0.717, 1.165) is 11.3 Å². The van der Waals surface area contributed by atoms with E-state index in [2.05, 4.69) is 20.3 Å². The molecule has 4 heterocycles. The van der Waals surface area contributed by atoms with Crippen LogP contribution in [-0.4, -0.2) is 38.5 Å². The van der Waals surface area contributed by atoms with E-state index in [1.807, 2.05) is 60.3 Å². The summed E-state index contributed by atoms with van der Waals surface area (Å²) in [6.07, 6.45) is 9.26. The summed E-state index contributed by atoms with van der Waals surface area (Å²) in [6.45, 7) is 4.98. The molecular weight excluding hydrogens is 386 g/mol. The fourth-order valence-corrected chi connectivity index (χ4v) is 3.72. The molecular formula is C21H21N5O2S. The van der Waals surface area contributed by atoms with E-state index in [1.165, 1.54) is 11.3 Å². The molecule has 7 nitrogen and oxygen atoms in total. The Balaban J connectivity index is 1.42. The fourth-order valence-electron chi connectivity index (χ4n) is 3.05. The van der Waals surface area contributed by atoms with Gasteiger partial charge in [0.25, 0.3) is 5.91 Å². The molecule has 4 rings (SSSR count). The number of amides is 1. The number of hydrogen-bond donors (Lipinski definition) is 1. The van der Waals surface area contributed by atoms with E-state index in [9.17, 15) is 4.79 Å². The van der Waals surface area contributed by atoms with Gasteiger partial charge in [-0.3, -0.25) is 15.1 Å². The third-order valence-corrected chi connectivity index (χ3v) is 5.28. The molecule has 1 atom stereocenters. The maximum Gasteiger partial charge on any atom is 0.274 e. The van der Waals surface area contributed by atoms with Gasteiger partial charge in [-0.25, -0.2) is 9.98 Å². The van der Waals surface area contributed by atoms with Crippen LogP contribution in [0.5, 0.6) is 0 Å². The van der Waals surface area contributed by atoms with E-state index in [-0.39, 0.29) is 11.4 Å². The second-order valence-corrected chi connectivity index (χ2v) is 7.88. The summed E-state index contributed by atoms with van der Waals surface area (Å²) < 4.78 is 7.33. The number of nitrogens with one attached hydrogen (secondary N) is 1. The SMILES string of the molecule is CC1=NC(C)(/C=C/c2csc(NC(=O)c3cccn3Cc3ccncc3)n2)CO1. The van der Waals surface area contributed by atoms with E-state index in [0.29, 0.717) is 29.9 Å². The molecule has 0 saturated carbocycles. The average Bonchev–Trinajstić information content (AvgIpc) is 3.42. The molecule has 0 fully saturated rings. The molecule has 0 radical (unpaired) electrons. The smallest absolute Gasteiger partial charge is 0.274 e. The zero-order valence-electron chi connectivity index (χ0n) is 16.2. The van der Waals surface area contributed by atoms with Crippen molar-refractivity contribution in [1.82, 2.24) is 14.5 Å². The Hall–Kier alpha value is -3.26. The van der Waals surface area contributed by atoms with Crippen LogP contribution in [0.3, 0.4) is 0 Å². The lowest BCUT2D eigenvalue weighted by atomic mass is 10.0. The van der Waals surface area contributed by atoms with Crippen LogP contribution < -0.4 is 5.32 Å². The Labute approximate surface area is 172 Å². The number of pyridine rings is 1. The van der Waals surface area contributed by atoms with Crippen LogP contribution in [0, 0.1) is 0 Å². The minimum absolute atomic E-state index is 0.190. The summed E-state index contributed by atoms with van der Waals surface area (Å²) in [5.74, 6) is 0.503. The Morgan fingerprint density at radius 2 is 2.21 bits per heavy atom. The van der Waals surface area contributed by atoms with Gasteiger partial charge >= 0.3 is 0 Å². The Morgan fingerprint density at radius 3 is 2.97 bits per heavy atom. The molecule has 1 amide bonds. The van der Waals surface area contributed by atoms with Gasteiger partial charge in [0, 0.05) is 37.4 Å². The maximum absolute atomic E-state index is 12.7. The van der Waals surface area contributed by atoms with Gasteiger partial charge in [-0.1, -0.05) is 6.08 Å². The number of carbonyl (C=O) groups excluding carboxylic acids is 1. The number of anilines is 1. The predicted molar refractivity (Wildman–Crippen MR) is 114 cm³/mol. The lowest BCUT2D eigenvalue weighted by molar-refractivity contribution is 0.101. The molecule has 1 N–H and O–H groups in total. The molecule has 1 unspecified atom stereocenters. The van der Waals surface area contributed by atoms with Crippen LogP contribution in [-0.2, 0) is 11.3 Å². The van der Waals surface area contributed by atoms with Crippen molar-refractivity contribution in [3.63, 3.8) is 0 Å². The number of ether oxygens (including phenoxy) is 1. The van der Waals surface area contributed by atoms with Crippen molar-refractivity contribution < 1.29 is 9.53 Å². The zero-order chi connectivity index (χ0) is 20.3. The van der Waals surface area contributed by atoms with Crippen LogP contribution in [0.4, 0.5) is 5.13 Å². The van der Waals surface area contributed by atoms with Gasteiger partial charge < -0.3 is 9.30 Å². The third kappa shape index (κ3) is 4.60. The van der Waals surface area contributed by atoms with Crippen molar-refractivity contribution in [2.45, 2.75) is 25.9 Å². The Kier molecular flexibility index (Phi) is 5.26. The molecule has 3 aromatic rings. The lowest BCUT2D eigenvalue weighted by Crippen LogP contribution is -2.19. The second kappa shape index (κ2) is 8.00. The number of hydrogen-bond acceptors (Lipinski definition) is 6. The number of aliphatic imine (C=N–C) groups is 1. The van der Waals surface area contributed by atoms with Gasteiger partial charge in [0.05, 0.1) is 5.69 Å². The van der Waals surface area contributed by atoms with Crippen molar-refractivity contribution in [2.75, 3.05) is 11.9 Å². The first-order valence-corrected chi connectivity index (χ1v) is 10.1. The standard InChI is InChI=1S/C21H21N5O2S/c1-15-25-21(2,14-28-15)8-5-17-13-29-20(23-17)24-19(27)18-4-3-11-26(18)12-16-6-9-22-10-7-16/h3-11,13H,12,14H2,1-2H3,(H,23,24,27)/b8-5+. The van der Waals surface area contributed by atoms with Gasteiger partial charge in [-0.05, 0) is 42.8 Å². The van der Waals surface area contributed by atoms with Crippen molar-refractivity contribution in [1.29, 1.82) is 0 Å². The van der Waals surface area contributed by atoms with Gasteiger partial charge in [0.15, 0.2) is 11.0 Å². The number of aromatic nitrogens is 3. The first-order valence-electron chi connectivity index (χ1n) is 9.20. The molecule has 148 valence electrons. The number of nitrogens with zero attached hydrogens (tertiary/aromatic N) is 4. The fraction of sp³-hybridized carbons (Fsp3) is 0.238. The van der Waals surface area contributed by atoms with E-state index < -0.39 is 0 Å². The molecule has 0 aliphatic carbocycles. The van der Waals surface area contributed by atoms with Crippen LogP contribution in [0.2, 0.25) is 0 Å². The Bertz CT molecular complexity index is 1070. The molecule has 0 spiro atoms. The van der Waals surface area contributed by atoms with Crippen LogP contribution >= 0.6 is 11.3 Å². The van der Waals surface area contributed by atoms with Crippen molar-refractivity contribution in [2.24, 2.45) is 4.99 Å². The minimum Gasteiger partial charge on any atom is -0.478 e. The minimum atomic E-state index is -0.370. The van der Waals surface area contributed by atoms with Crippen LogP contribution in [0.1, 0.15) is 35.6 Å². The molecule has 8 heteroatoms. The summed E-state index contributed by atoms with van der Waals surface area (Å²) in [5, 5.41) is 5.34. The molecule has 1 aliphatic rings. The second-order valence-electron chi connectivity index (χ2n) is 7.02. The van der Waals surface area contributed by atoms with E-state index in [1.54, 1.807) is 18.5 Å².